The summed E-state index contributed by atoms with van der Waals surface area (Å²) in [4.78, 5) is 22.8. The molecule has 1 aliphatic rings. The fourth-order valence-corrected chi connectivity index (χ4v) is 4.74. The molecule has 1 unspecified atom stereocenters. The SMILES string of the molecule is CC(C)C(N)C(=O)Nc1cccc(Sc2cc(OCc3ccccc3)c(N3CCN(C)CC3)cn2)c1. The number of amides is 1. The predicted octanol–water partition coefficient (Wildman–Crippen LogP) is 4.49. The van der Waals surface area contributed by atoms with E-state index in [9.17, 15) is 4.79 Å². The number of piperazine rings is 1. The van der Waals surface area contributed by atoms with Gasteiger partial charge in [0.15, 0.2) is 0 Å². The van der Waals surface area contributed by atoms with E-state index in [4.69, 9.17) is 15.5 Å². The minimum atomic E-state index is -0.547. The first-order valence-corrected chi connectivity index (χ1v) is 13.2. The number of nitrogens with zero attached hydrogens (tertiary/aromatic N) is 3. The molecule has 0 bridgehead atoms. The monoisotopic (exact) mass is 505 g/mol. The molecule has 2 heterocycles. The lowest BCUT2D eigenvalue weighted by Gasteiger charge is -2.34. The predicted molar refractivity (Wildman–Crippen MR) is 147 cm³/mol. The maximum Gasteiger partial charge on any atom is 0.241 e. The summed E-state index contributed by atoms with van der Waals surface area (Å²) in [5.74, 6) is 0.714. The molecule has 7 nitrogen and oxygen atoms in total. The topological polar surface area (TPSA) is 83.7 Å². The lowest BCUT2D eigenvalue weighted by Crippen LogP contribution is -2.44. The number of rotatable bonds is 9. The van der Waals surface area contributed by atoms with Crippen LogP contribution >= 0.6 is 11.8 Å². The highest BCUT2D eigenvalue weighted by atomic mass is 32.2. The Labute approximate surface area is 218 Å². The molecule has 1 atom stereocenters. The van der Waals surface area contributed by atoms with Gasteiger partial charge in [0.1, 0.15) is 17.4 Å². The Morgan fingerprint density at radius 2 is 1.83 bits per heavy atom. The summed E-state index contributed by atoms with van der Waals surface area (Å²) in [6.45, 7) is 8.25. The van der Waals surface area contributed by atoms with E-state index in [1.807, 2.05) is 68.6 Å². The van der Waals surface area contributed by atoms with Crippen LogP contribution < -0.4 is 20.7 Å². The molecule has 0 spiro atoms. The van der Waals surface area contributed by atoms with Crippen molar-refractivity contribution < 1.29 is 9.53 Å². The molecule has 1 aliphatic heterocycles. The molecule has 4 rings (SSSR count). The highest BCUT2D eigenvalue weighted by Gasteiger charge is 2.20. The molecule has 190 valence electrons. The summed E-state index contributed by atoms with van der Waals surface area (Å²) in [6.07, 6.45) is 1.92. The van der Waals surface area contributed by atoms with Crippen LogP contribution in [-0.2, 0) is 11.4 Å². The number of hydrogen-bond donors (Lipinski definition) is 2. The van der Waals surface area contributed by atoms with Crippen LogP contribution in [0.25, 0.3) is 0 Å². The Bertz CT molecular complexity index is 1150. The van der Waals surface area contributed by atoms with E-state index in [0.29, 0.717) is 6.61 Å². The average molecular weight is 506 g/mol. The second-order valence-electron chi connectivity index (χ2n) is 9.44. The number of benzene rings is 2. The van der Waals surface area contributed by atoms with Crippen molar-refractivity contribution in [2.45, 2.75) is 36.4 Å². The number of nitrogens with one attached hydrogen (secondary N) is 1. The first kappa shape index (κ1) is 26.0. The third-order valence-electron chi connectivity index (χ3n) is 6.25. The van der Waals surface area contributed by atoms with Crippen molar-refractivity contribution in [1.29, 1.82) is 0 Å². The van der Waals surface area contributed by atoms with E-state index in [-0.39, 0.29) is 11.8 Å². The second-order valence-corrected chi connectivity index (χ2v) is 10.5. The van der Waals surface area contributed by atoms with Gasteiger partial charge in [-0.15, -0.1) is 0 Å². The Balaban J connectivity index is 1.52. The smallest absolute Gasteiger partial charge is 0.241 e. The summed E-state index contributed by atoms with van der Waals surface area (Å²) in [5.41, 5.74) is 8.85. The van der Waals surface area contributed by atoms with Gasteiger partial charge in [-0.1, -0.05) is 62.0 Å². The maximum absolute atomic E-state index is 12.4. The normalized spacial score (nSPS) is 15.1. The lowest BCUT2D eigenvalue weighted by molar-refractivity contribution is -0.118. The van der Waals surface area contributed by atoms with Gasteiger partial charge in [0.25, 0.3) is 0 Å². The van der Waals surface area contributed by atoms with Crippen LogP contribution in [0.2, 0.25) is 0 Å². The molecule has 0 aliphatic carbocycles. The van der Waals surface area contributed by atoms with Gasteiger partial charge in [0.05, 0.1) is 17.9 Å². The van der Waals surface area contributed by atoms with Gasteiger partial charge in [0.2, 0.25) is 5.91 Å². The van der Waals surface area contributed by atoms with Crippen molar-refractivity contribution in [3.63, 3.8) is 0 Å². The van der Waals surface area contributed by atoms with Crippen molar-refractivity contribution in [2.75, 3.05) is 43.4 Å². The fourth-order valence-electron chi connectivity index (χ4n) is 3.89. The number of ether oxygens (including phenoxy) is 1. The summed E-state index contributed by atoms with van der Waals surface area (Å²) < 4.78 is 6.33. The second kappa shape index (κ2) is 12.3. The third kappa shape index (κ3) is 7.00. The van der Waals surface area contributed by atoms with E-state index >= 15 is 0 Å². The van der Waals surface area contributed by atoms with Crippen molar-refractivity contribution in [2.24, 2.45) is 11.7 Å². The molecule has 1 fully saturated rings. The molecule has 1 amide bonds. The zero-order valence-electron chi connectivity index (χ0n) is 21.2. The van der Waals surface area contributed by atoms with E-state index in [2.05, 4.69) is 34.3 Å². The standard InChI is InChI=1S/C28H35N5O2S/c1-20(2)27(29)28(34)31-22-10-7-11-23(16-22)36-26-17-25(35-19-21-8-5-4-6-9-21)24(18-30-26)33-14-12-32(3)13-15-33/h4-11,16-18,20,27H,12-15,19,29H2,1-3H3,(H,31,34). The number of anilines is 2. The number of carbonyl (C=O) groups excluding carboxylic acids is 1. The molecule has 36 heavy (non-hydrogen) atoms. The number of carbonyl (C=O) groups is 1. The van der Waals surface area contributed by atoms with Crippen LogP contribution in [0.4, 0.5) is 11.4 Å². The Hall–Kier alpha value is -3.07. The van der Waals surface area contributed by atoms with Crippen LogP contribution in [0.5, 0.6) is 5.75 Å². The molecule has 2 aromatic carbocycles. The average Bonchev–Trinajstić information content (AvgIpc) is 2.88. The van der Waals surface area contributed by atoms with E-state index in [1.165, 1.54) is 11.8 Å². The van der Waals surface area contributed by atoms with Crippen molar-refractivity contribution >= 4 is 29.0 Å². The molecule has 3 N–H and O–H groups in total. The van der Waals surface area contributed by atoms with Crippen LogP contribution in [0, 0.1) is 5.92 Å². The minimum Gasteiger partial charge on any atom is -0.487 e. The zero-order chi connectivity index (χ0) is 25.5. The van der Waals surface area contributed by atoms with Gasteiger partial charge < -0.3 is 25.6 Å². The third-order valence-corrected chi connectivity index (χ3v) is 7.17. The van der Waals surface area contributed by atoms with Crippen LogP contribution in [-0.4, -0.2) is 55.1 Å². The Kier molecular flexibility index (Phi) is 8.85. The van der Waals surface area contributed by atoms with Crippen molar-refractivity contribution in [3.05, 3.63) is 72.4 Å². The summed E-state index contributed by atoms with van der Waals surface area (Å²) in [6, 6.07) is 19.4. The highest BCUT2D eigenvalue weighted by molar-refractivity contribution is 7.99. The quantitative estimate of drug-likeness (QED) is 0.443. The Morgan fingerprint density at radius 3 is 2.56 bits per heavy atom. The van der Waals surface area contributed by atoms with Crippen molar-refractivity contribution in [3.8, 4) is 5.75 Å². The number of hydrogen-bond acceptors (Lipinski definition) is 7. The Morgan fingerprint density at radius 1 is 1.08 bits per heavy atom. The largest absolute Gasteiger partial charge is 0.487 e. The first-order chi connectivity index (χ1) is 17.4. The fraction of sp³-hybridized carbons (Fsp3) is 0.357. The van der Waals surface area contributed by atoms with Gasteiger partial charge in [0, 0.05) is 42.8 Å². The molecular weight excluding hydrogens is 470 g/mol. The van der Waals surface area contributed by atoms with Crippen molar-refractivity contribution in [1.82, 2.24) is 9.88 Å². The van der Waals surface area contributed by atoms with Gasteiger partial charge in [-0.25, -0.2) is 4.98 Å². The van der Waals surface area contributed by atoms with Crippen LogP contribution in [0.1, 0.15) is 19.4 Å². The van der Waals surface area contributed by atoms with Gasteiger partial charge in [-0.2, -0.15) is 0 Å². The van der Waals surface area contributed by atoms with Gasteiger partial charge in [-0.3, -0.25) is 4.79 Å². The molecule has 0 saturated carbocycles. The first-order valence-electron chi connectivity index (χ1n) is 12.3. The van der Waals surface area contributed by atoms with E-state index in [1.54, 1.807) is 0 Å². The molecule has 3 aromatic rings. The molecular formula is C28H35N5O2S. The molecule has 8 heteroatoms. The molecule has 1 saturated heterocycles. The molecule has 0 radical (unpaired) electrons. The number of aromatic nitrogens is 1. The minimum absolute atomic E-state index is 0.0693. The summed E-state index contributed by atoms with van der Waals surface area (Å²) in [5, 5.41) is 3.75. The zero-order valence-corrected chi connectivity index (χ0v) is 22.0. The number of nitrogens with two attached hydrogens (primary N) is 1. The highest BCUT2D eigenvalue weighted by Crippen LogP contribution is 2.35. The van der Waals surface area contributed by atoms with E-state index < -0.39 is 6.04 Å². The number of likely N-dealkylation sites (N-methyl/N-ethyl adjacent to an activating group) is 1. The maximum atomic E-state index is 12.4. The molecule has 1 aromatic heterocycles. The van der Waals surface area contributed by atoms with Gasteiger partial charge in [-0.05, 0) is 36.7 Å². The number of pyridine rings is 1. The summed E-state index contributed by atoms with van der Waals surface area (Å²) >= 11 is 1.53. The van der Waals surface area contributed by atoms with Gasteiger partial charge >= 0.3 is 0 Å². The lowest BCUT2D eigenvalue weighted by atomic mass is 10.1. The van der Waals surface area contributed by atoms with Crippen LogP contribution in [0.15, 0.2) is 76.8 Å². The van der Waals surface area contributed by atoms with E-state index in [0.717, 1.165) is 58.8 Å². The summed E-state index contributed by atoms with van der Waals surface area (Å²) in [7, 11) is 2.15. The van der Waals surface area contributed by atoms with Crippen LogP contribution in [0.3, 0.4) is 0 Å².